The van der Waals surface area contributed by atoms with E-state index in [1.165, 1.54) is 42.6 Å². The molecule has 0 aliphatic rings. The Morgan fingerprint density at radius 1 is 0.396 bits per heavy atom. The first kappa shape index (κ1) is 91.1. The molecule has 0 saturated carbocycles. The first-order valence-corrected chi connectivity index (χ1v) is 35.4. The van der Waals surface area contributed by atoms with Crippen molar-refractivity contribution in [1.29, 1.82) is 0 Å². The normalized spacial score (nSPS) is 14.4. The van der Waals surface area contributed by atoms with Gasteiger partial charge in [0.25, 0.3) is 0 Å². The summed E-state index contributed by atoms with van der Waals surface area (Å²) in [5, 5.41) is 105. The zero-order valence-electron chi connectivity index (χ0n) is 61.6. The molecule has 1 aromatic heterocycles. The van der Waals surface area contributed by atoms with Crippen molar-refractivity contribution in [1.82, 2.24) is 63.5 Å². The van der Waals surface area contributed by atoms with Gasteiger partial charge in [-0.25, -0.2) is 4.79 Å². The van der Waals surface area contributed by atoms with E-state index < -0.39 is 256 Å². The van der Waals surface area contributed by atoms with Crippen LogP contribution in [0.2, 0.25) is 0 Å². The summed E-state index contributed by atoms with van der Waals surface area (Å²) in [5.74, 6) is -21.9. The third-order valence-corrected chi connectivity index (χ3v) is 17.1. The number of nitrogens with two attached hydrogens (primary N) is 2. The Morgan fingerprint density at radius 3 is 1.20 bits per heavy atom. The summed E-state index contributed by atoms with van der Waals surface area (Å²) in [4.78, 5) is 229. The number of phenolic OH excluding ortho intramolecular Hbond substituents is 2. The summed E-state index contributed by atoms with van der Waals surface area (Å²) in [5.41, 5.74) is 13.6. The number of aliphatic carboxylic acids is 5. The van der Waals surface area contributed by atoms with Gasteiger partial charge in [0.1, 0.15) is 71.9 Å². The van der Waals surface area contributed by atoms with Gasteiger partial charge in [-0.15, -0.1) is 0 Å². The number of amides is 12. The van der Waals surface area contributed by atoms with Gasteiger partial charge < -0.3 is 116 Å². The Balaban J connectivity index is 1.63. The average Bonchev–Trinajstić information content (AvgIpc) is 1.72. The zero-order chi connectivity index (χ0) is 82.9. The number of rotatable bonds is 49. The fourth-order valence-corrected chi connectivity index (χ4v) is 11.3. The number of phenols is 2. The molecular formula is C72H98N14O25. The summed E-state index contributed by atoms with van der Waals surface area (Å²) in [6.07, 6.45) is -8.23. The van der Waals surface area contributed by atoms with Crippen LogP contribution < -0.4 is 70.0 Å². The van der Waals surface area contributed by atoms with Crippen LogP contribution in [0.25, 0.3) is 10.9 Å². The number of nitrogens with one attached hydrogen (secondary N) is 12. The van der Waals surface area contributed by atoms with Crippen molar-refractivity contribution in [2.75, 3.05) is 6.54 Å². The molecule has 39 nitrogen and oxygen atoms in total. The lowest BCUT2D eigenvalue weighted by molar-refractivity contribution is -0.144. The van der Waals surface area contributed by atoms with Gasteiger partial charge >= 0.3 is 29.8 Å². The summed E-state index contributed by atoms with van der Waals surface area (Å²) in [6.45, 7) is 6.87. The minimum Gasteiger partial charge on any atom is -0.508 e. The first-order chi connectivity index (χ1) is 52.2. The van der Waals surface area contributed by atoms with Gasteiger partial charge in [0, 0.05) is 62.0 Å². The standard InChI is InChI=1S/C72H98N14O25/c1-35(2)28-51(68(106)84-53(31-39-12-16-42(89)17-13-39)63(101)76-34-56(91)77-46(19-24-57(92)93)64(102)78-48(20-25-58(94)95)66(104)81-50(72(110)111)22-27-60(98)99)83-67(105)49(21-26-59(96)97)79-65(103)47(18-23-55(74)90)80-69(107)54(32-40-33-75-45-9-7-6-8-43(40)45)85-71(109)61(37(5)87)86-70(108)52(29-36(3)4)82-62(100)44(73)30-38-10-14-41(88)15-11-38/h6-17,33,35-37,44,46-54,61,75,87-89H,18-32,34,73H2,1-5H3,(H2,74,90)(H,76,101)(H,77,91)(H,78,102)(H,79,103)(H,80,107)(H,81,104)(H,82,100)(H,83,105)(H,84,106)(H,85,109)(H,86,108)(H,92,93)(H,94,95)(H,96,97)(H,98,99)(H,110,111)/t37-,44+,46+,47+,48+,49+,50+,51+,52+,53+,54+,61+/m1/s1. The van der Waals surface area contributed by atoms with Crippen molar-refractivity contribution in [3.63, 3.8) is 0 Å². The van der Waals surface area contributed by atoms with E-state index in [9.17, 15) is 117 Å². The Morgan fingerprint density at radius 2 is 0.757 bits per heavy atom. The molecule has 4 aromatic rings. The van der Waals surface area contributed by atoms with Crippen molar-refractivity contribution in [2.24, 2.45) is 23.3 Å². The van der Waals surface area contributed by atoms with Crippen LogP contribution >= 0.6 is 0 Å². The van der Waals surface area contributed by atoms with E-state index in [4.69, 9.17) is 16.6 Å². The molecule has 0 fully saturated rings. The second kappa shape index (κ2) is 44.9. The van der Waals surface area contributed by atoms with E-state index in [-0.39, 0.29) is 48.7 Å². The predicted octanol–water partition coefficient (Wildman–Crippen LogP) is -2.82. The number of carbonyl (C=O) groups is 17. The number of aromatic hydroxyl groups is 2. The summed E-state index contributed by atoms with van der Waals surface area (Å²) < 4.78 is 0. The molecule has 606 valence electrons. The van der Waals surface area contributed by atoms with E-state index >= 15 is 0 Å². The number of aromatic nitrogens is 1. The van der Waals surface area contributed by atoms with Crippen LogP contribution in [0.3, 0.4) is 0 Å². The summed E-state index contributed by atoms with van der Waals surface area (Å²) in [7, 11) is 0. The second-order valence-electron chi connectivity index (χ2n) is 27.3. The molecule has 1 heterocycles. The number of benzene rings is 3. The predicted molar refractivity (Wildman–Crippen MR) is 390 cm³/mol. The number of carboxylic acid groups (broad SMARTS) is 5. The molecule has 0 saturated heterocycles. The van der Waals surface area contributed by atoms with E-state index in [1.807, 2.05) is 5.32 Å². The van der Waals surface area contributed by atoms with Gasteiger partial charge in [-0.1, -0.05) is 70.2 Å². The van der Waals surface area contributed by atoms with Crippen LogP contribution in [-0.2, 0) is 101 Å². The number of aliphatic hydroxyl groups excluding tert-OH is 1. The lowest BCUT2D eigenvalue weighted by Gasteiger charge is -2.29. The molecule has 111 heavy (non-hydrogen) atoms. The Hall–Kier alpha value is -12.3. The van der Waals surface area contributed by atoms with Crippen LogP contribution in [0.5, 0.6) is 11.5 Å². The number of primary amides is 1. The van der Waals surface area contributed by atoms with E-state index in [0.717, 1.165) is 6.92 Å². The van der Waals surface area contributed by atoms with E-state index in [1.54, 1.807) is 64.1 Å². The molecule has 12 amide bonds. The highest BCUT2D eigenvalue weighted by Crippen LogP contribution is 2.21. The van der Waals surface area contributed by atoms with E-state index in [2.05, 4.69) is 58.2 Å². The van der Waals surface area contributed by atoms with Gasteiger partial charge in [0.05, 0.1) is 18.7 Å². The van der Waals surface area contributed by atoms with Crippen molar-refractivity contribution in [2.45, 2.75) is 203 Å². The second-order valence-corrected chi connectivity index (χ2v) is 27.3. The quantitative estimate of drug-likeness (QED) is 0.0212. The smallest absolute Gasteiger partial charge is 0.326 e. The highest BCUT2D eigenvalue weighted by molar-refractivity contribution is 6.00. The maximum atomic E-state index is 14.8. The van der Waals surface area contributed by atoms with Crippen molar-refractivity contribution in [3.05, 3.63) is 95.7 Å². The Bertz CT molecular complexity index is 3960. The highest BCUT2D eigenvalue weighted by atomic mass is 16.4. The van der Waals surface area contributed by atoms with Gasteiger partial charge in [-0.3, -0.25) is 76.7 Å². The molecule has 3 aromatic carbocycles. The summed E-state index contributed by atoms with van der Waals surface area (Å²) in [6, 6.07) is -0.791. The Labute approximate surface area is 635 Å². The van der Waals surface area contributed by atoms with Crippen molar-refractivity contribution < 1.29 is 122 Å². The molecule has 24 N–H and O–H groups in total. The van der Waals surface area contributed by atoms with Gasteiger partial charge in [-0.05, 0) is 117 Å². The number of hydrogen-bond donors (Lipinski definition) is 22. The maximum Gasteiger partial charge on any atom is 0.326 e. The third kappa shape index (κ3) is 32.6. The highest BCUT2D eigenvalue weighted by Gasteiger charge is 2.38. The van der Waals surface area contributed by atoms with Crippen LogP contribution in [0.15, 0.2) is 79.0 Å². The number of fused-ring (bicyclic) bond motifs is 1. The molecule has 0 radical (unpaired) electrons. The number of hydrogen-bond acceptors (Lipinski definition) is 21. The molecule has 39 heteroatoms. The minimum absolute atomic E-state index is 0.00362. The number of H-pyrrole nitrogens is 1. The maximum absolute atomic E-state index is 14.8. The molecule has 0 bridgehead atoms. The minimum atomic E-state index is -1.89. The molecule has 4 rings (SSSR count). The van der Waals surface area contributed by atoms with E-state index in [0.29, 0.717) is 22.0 Å². The van der Waals surface area contributed by atoms with Crippen LogP contribution in [0.4, 0.5) is 0 Å². The lowest BCUT2D eigenvalue weighted by atomic mass is 10.00. The number of carbonyl (C=O) groups excluding carboxylic acids is 12. The van der Waals surface area contributed by atoms with Crippen molar-refractivity contribution >= 4 is 112 Å². The molecule has 12 atom stereocenters. The fourth-order valence-electron chi connectivity index (χ4n) is 11.3. The lowest BCUT2D eigenvalue weighted by Crippen LogP contribution is -2.62. The monoisotopic (exact) mass is 1560 g/mol. The van der Waals surface area contributed by atoms with Crippen LogP contribution in [0, 0.1) is 11.8 Å². The molecule has 0 aliphatic carbocycles. The number of carboxylic acids is 5. The topological polar surface area (TPSA) is 652 Å². The number of aromatic amines is 1. The molecule has 0 unspecified atom stereocenters. The number of aliphatic hydroxyl groups is 1. The molecule has 0 aliphatic heterocycles. The van der Waals surface area contributed by atoms with Crippen LogP contribution in [0.1, 0.15) is 128 Å². The third-order valence-electron chi connectivity index (χ3n) is 17.1. The van der Waals surface area contributed by atoms with Crippen molar-refractivity contribution in [3.8, 4) is 11.5 Å². The first-order valence-electron chi connectivity index (χ1n) is 35.4. The average molecular weight is 1560 g/mol. The fraction of sp³-hybridized carbons (Fsp3) is 0.486. The Kier molecular flexibility index (Phi) is 36.8. The summed E-state index contributed by atoms with van der Waals surface area (Å²) >= 11 is 0. The van der Waals surface area contributed by atoms with Gasteiger partial charge in [0.2, 0.25) is 70.9 Å². The molecular weight excluding hydrogens is 1460 g/mol. The van der Waals surface area contributed by atoms with Crippen LogP contribution in [-0.4, -0.2) is 226 Å². The van der Waals surface area contributed by atoms with Gasteiger partial charge in [0.15, 0.2) is 0 Å². The number of para-hydroxylation sites is 1. The SMILES string of the molecule is CC(C)C[C@H](NC(=O)[C@H](CCC(=O)O)NC(=O)[C@H](CCC(N)=O)NC(=O)[C@H](Cc1c[nH]c2ccccc12)NC(=O)[C@@H](NC(=O)[C@H](CC(C)C)NC(=O)[C@@H](N)Cc1ccc(O)cc1)[C@@H](C)O)C(=O)N[C@@H](Cc1ccc(O)cc1)C(=O)NCC(=O)N[C@@H](CCC(=O)O)C(=O)N[C@@H](CCC(=O)O)C(=O)N[C@@H](CCC(=O)O)C(=O)O. The van der Waals surface area contributed by atoms with Gasteiger partial charge in [-0.2, -0.15) is 0 Å². The zero-order valence-corrected chi connectivity index (χ0v) is 61.6. The molecule has 0 spiro atoms. The largest absolute Gasteiger partial charge is 0.508 e.